The Morgan fingerprint density at radius 2 is 2.08 bits per heavy atom. The Hall–Kier alpha value is -0.280. The molecule has 0 N–H and O–H groups in total. The van der Waals surface area contributed by atoms with Crippen LogP contribution in [0.2, 0.25) is 5.02 Å². The van der Waals surface area contributed by atoms with Crippen molar-refractivity contribution >= 4 is 23.4 Å². The number of alkyl halides is 2. The first kappa shape index (κ1) is 9.81. The van der Waals surface area contributed by atoms with Crippen molar-refractivity contribution in [3.8, 4) is 0 Å². The molecule has 12 heavy (non-hydrogen) atoms. The van der Waals surface area contributed by atoms with Crippen molar-refractivity contribution in [2.45, 2.75) is 17.6 Å². The van der Waals surface area contributed by atoms with E-state index in [1.54, 1.807) is 18.2 Å². The van der Waals surface area contributed by atoms with Crippen LogP contribution in [0.1, 0.15) is 5.56 Å². The second-order valence-electron chi connectivity index (χ2n) is 2.31. The highest BCUT2D eigenvalue weighted by Crippen LogP contribution is 2.31. The van der Waals surface area contributed by atoms with Crippen LogP contribution in [0.5, 0.6) is 0 Å². The van der Waals surface area contributed by atoms with Gasteiger partial charge in [0.2, 0.25) is 0 Å². The molecule has 0 fully saturated rings. The van der Waals surface area contributed by atoms with E-state index >= 15 is 0 Å². The van der Waals surface area contributed by atoms with Crippen LogP contribution in [0.15, 0.2) is 23.1 Å². The molecule has 0 bridgehead atoms. The molecule has 4 heteroatoms. The van der Waals surface area contributed by atoms with Gasteiger partial charge in [0.05, 0.1) is 5.02 Å². The second-order valence-corrected chi connectivity index (χ2v) is 3.75. The van der Waals surface area contributed by atoms with Crippen molar-refractivity contribution in [3.63, 3.8) is 0 Å². The Labute approximate surface area is 78.9 Å². The Bertz CT molecular complexity index is 276. The molecule has 0 atom stereocenters. The van der Waals surface area contributed by atoms with Crippen LogP contribution in [0.25, 0.3) is 0 Å². The summed E-state index contributed by atoms with van der Waals surface area (Å²) >= 11 is 6.19. The molecule has 0 aliphatic carbocycles. The molecule has 1 rings (SSSR count). The van der Waals surface area contributed by atoms with E-state index in [4.69, 9.17) is 11.6 Å². The minimum absolute atomic E-state index is 0.389. The van der Waals surface area contributed by atoms with Gasteiger partial charge in [0.15, 0.2) is 0 Å². The first-order chi connectivity index (χ1) is 5.59. The van der Waals surface area contributed by atoms with E-state index < -0.39 is 5.76 Å². The van der Waals surface area contributed by atoms with Crippen LogP contribution in [-0.2, 0) is 0 Å². The number of thioether (sulfide) groups is 1. The van der Waals surface area contributed by atoms with Gasteiger partial charge in [0.1, 0.15) is 0 Å². The normalized spacial score (nSPS) is 10.8. The van der Waals surface area contributed by atoms with Gasteiger partial charge in [-0.3, -0.25) is 0 Å². The average Bonchev–Trinajstić information content (AvgIpc) is 1.94. The Balaban J connectivity index is 2.86. The molecule has 1 aromatic carbocycles. The molecule has 0 radical (unpaired) electrons. The highest BCUT2D eigenvalue weighted by atomic mass is 35.5. The van der Waals surface area contributed by atoms with E-state index in [-0.39, 0.29) is 0 Å². The Morgan fingerprint density at radius 1 is 1.42 bits per heavy atom. The lowest BCUT2D eigenvalue weighted by atomic mass is 10.2. The van der Waals surface area contributed by atoms with Crippen LogP contribution >= 0.6 is 23.4 Å². The standard InChI is InChI=1S/C8H7ClF2S/c1-5-2-3-7(6(9)4-5)12-8(10)11/h2-4,8H,1H3. The zero-order valence-electron chi connectivity index (χ0n) is 6.35. The van der Waals surface area contributed by atoms with Crippen LogP contribution in [0.4, 0.5) is 8.78 Å². The lowest BCUT2D eigenvalue weighted by molar-refractivity contribution is 0.252. The molecule has 0 saturated heterocycles. The quantitative estimate of drug-likeness (QED) is 0.663. The van der Waals surface area contributed by atoms with Crippen molar-refractivity contribution < 1.29 is 8.78 Å². The summed E-state index contributed by atoms with van der Waals surface area (Å²) in [6.45, 7) is 1.86. The number of benzene rings is 1. The fourth-order valence-electron chi connectivity index (χ4n) is 0.797. The van der Waals surface area contributed by atoms with Gasteiger partial charge < -0.3 is 0 Å². The fraction of sp³-hybridized carbons (Fsp3) is 0.250. The Kier molecular flexibility index (Phi) is 3.35. The molecule has 0 aliphatic heterocycles. The third-order valence-electron chi connectivity index (χ3n) is 1.30. The van der Waals surface area contributed by atoms with Crippen LogP contribution in [-0.4, -0.2) is 5.76 Å². The third-order valence-corrected chi connectivity index (χ3v) is 2.52. The first-order valence-corrected chi connectivity index (χ1v) is 4.56. The van der Waals surface area contributed by atoms with E-state index in [1.165, 1.54) is 0 Å². The van der Waals surface area contributed by atoms with Gasteiger partial charge in [0, 0.05) is 4.90 Å². The summed E-state index contributed by atoms with van der Waals surface area (Å²) in [4.78, 5) is 0.428. The molecular formula is C8H7ClF2S. The summed E-state index contributed by atoms with van der Waals surface area (Å²) in [6.07, 6.45) is 0. The number of rotatable bonds is 2. The lowest BCUT2D eigenvalue weighted by Crippen LogP contribution is -1.83. The summed E-state index contributed by atoms with van der Waals surface area (Å²) in [5, 5.41) is 0.389. The molecule has 0 nitrogen and oxygen atoms in total. The van der Waals surface area contributed by atoms with Crippen molar-refractivity contribution in [1.29, 1.82) is 0 Å². The van der Waals surface area contributed by atoms with E-state index in [0.717, 1.165) is 5.56 Å². The van der Waals surface area contributed by atoms with Gasteiger partial charge in [-0.15, -0.1) is 0 Å². The minimum atomic E-state index is -2.41. The van der Waals surface area contributed by atoms with Crippen molar-refractivity contribution in [2.24, 2.45) is 0 Å². The zero-order chi connectivity index (χ0) is 9.14. The summed E-state index contributed by atoms with van der Waals surface area (Å²) in [5.74, 6) is -2.41. The van der Waals surface area contributed by atoms with Gasteiger partial charge in [-0.05, 0) is 24.6 Å². The van der Waals surface area contributed by atoms with Gasteiger partial charge in [0.25, 0.3) is 5.76 Å². The van der Waals surface area contributed by atoms with Crippen molar-refractivity contribution in [3.05, 3.63) is 28.8 Å². The van der Waals surface area contributed by atoms with Crippen LogP contribution < -0.4 is 0 Å². The van der Waals surface area contributed by atoms with Gasteiger partial charge >= 0.3 is 0 Å². The summed E-state index contributed by atoms with van der Waals surface area (Å²) in [7, 11) is 0. The van der Waals surface area contributed by atoms with Crippen LogP contribution in [0.3, 0.4) is 0 Å². The molecule has 0 saturated carbocycles. The molecule has 0 amide bonds. The molecule has 0 aliphatic rings. The zero-order valence-corrected chi connectivity index (χ0v) is 7.92. The number of hydrogen-bond donors (Lipinski definition) is 0. The maximum atomic E-state index is 11.9. The second kappa shape index (κ2) is 4.10. The highest BCUT2D eigenvalue weighted by Gasteiger charge is 2.08. The van der Waals surface area contributed by atoms with Gasteiger partial charge in [-0.25, -0.2) is 0 Å². The smallest absolute Gasteiger partial charge is 0.198 e. The van der Waals surface area contributed by atoms with E-state index in [1.807, 2.05) is 6.92 Å². The minimum Gasteiger partial charge on any atom is -0.198 e. The topological polar surface area (TPSA) is 0 Å². The molecule has 0 spiro atoms. The Morgan fingerprint density at radius 3 is 2.58 bits per heavy atom. The summed E-state index contributed by atoms with van der Waals surface area (Å²) in [5.41, 5.74) is 0.971. The van der Waals surface area contributed by atoms with Gasteiger partial charge in [-0.1, -0.05) is 29.4 Å². The molecule has 0 aromatic heterocycles. The van der Waals surface area contributed by atoms with Crippen molar-refractivity contribution in [1.82, 2.24) is 0 Å². The van der Waals surface area contributed by atoms with E-state index in [9.17, 15) is 8.78 Å². The van der Waals surface area contributed by atoms with Crippen LogP contribution in [0, 0.1) is 6.92 Å². The maximum Gasteiger partial charge on any atom is 0.288 e. The maximum absolute atomic E-state index is 11.9. The molecular weight excluding hydrogens is 202 g/mol. The van der Waals surface area contributed by atoms with Gasteiger partial charge in [-0.2, -0.15) is 8.78 Å². The SMILES string of the molecule is Cc1ccc(SC(F)F)c(Cl)c1. The summed E-state index contributed by atoms with van der Waals surface area (Å²) < 4.78 is 23.8. The predicted molar refractivity (Wildman–Crippen MR) is 48.1 cm³/mol. The largest absolute Gasteiger partial charge is 0.288 e. The first-order valence-electron chi connectivity index (χ1n) is 3.30. The predicted octanol–water partition coefficient (Wildman–Crippen LogP) is 3.96. The monoisotopic (exact) mass is 208 g/mol. The fourth-order valence-corrected chi connectivity index (χ4v) is 1.68. The number of halogens is 3. The van der Waals surface area contributed by atoms with Crippen molar-refractivity contribution in [2.75, 3.05) is 0 Å². The molecule has 0 unspecified atom stereocenters. The third kappa shape index (κ3) is 2.64. The molecule has 66 valence electrons. The van der Waals surface area contributed by atoms with E-state index in [2.05, 4.69) is 0 Å². The molecule has 1 aromatic rings. The number of aryl methyl sites for hydroxylation is 1. The lowest BCUT2D eigenvalue weighted by Gasteiger charge is -2.02. The molecule has 0 heterocycles. The summed E-state index contributed by atoms with van der Waals surface area (Å²) in [6, 6.07) is 5.04. The highest BCUT2D eigenvalue weighted by molar-refractivity contribution is 7.99. The average molecular weight is 209 g/mol. The number of hydrogen-bond acceptors (Lipinski definition) is 1. The van der Waals surface area contributed by atoms with E-state index in [0.29, 0.717) is 21.7 Å².